The van der Waals surface area contributed by atoms with E-state index in [1.165, 1.54) is 31.2 Å². The van der Waals surface area contributed by atoms with Gasteiger partial charge in [-0.05, 0) is 104 Å². The van der Waals surface area contributed by atoms with Crippen LogP contribution >= 0.6 is 0 Å². The van der Waals surface area contributed by atoms with Crippen molar-refractivity contribution in [3.05, 3.63) is 95.1 Å². The minimum absolute atomic E-state index is 0.0950. The van der Waals surface area contributed by atoms with Crippen LogP contribution in [0.4, 0.5) is 5.69 Å². The van der Waals surface area contributed by atoms with Crippen LogP contribution in [-0.2, 0) is 13.0 Å². The van der Waals surface area contributed by atoms with Crippen LogP contribution in [0.2, 0.25) is 0 Å². The Bertz CT molecular complexity index is 1280. The van der Waals surface area contributed by atoms with E-state index < -0.39 is 0 Å². The predicted octanol–water partition coefficient (Wildman–Crippen LogP) is 7.83. The fourth-order valence-corrected chi connectivity index (χ4v) is 5.66. The van der Waals surface area contributed by atoms with Crippen LogP contribution in [0, 0.1) is 5.92 Å². The number of anilines is 1. The number of amides is 2. The van der Waals surface area contributed by atoms with E-state index in [1.807, 2.05) is 36.4 Å². The van der Waals surface area contributed by atoms with Crippen molar-refractivity contribution < 1.29 is 14.3 Å². The first-order chi connectivity index (χ1) is 20.9. The second-order valence-corrected chi connectivity index (χ2v) is 12.2. The minimum Gasteiger partial charge on any atom is -0.497 e. The summed E-state index contributed by atoms with van der Waals surface area (Å²) < 4.78 is 5.19. The molecule has 0 aromatic heterocycles. The first-order valence-corrected chi connectivity index (χ1v) is 16.0. The lowest BCUT2D eigenvalue weighted by atomic mass is 9.99. The fourth-order valence-electron chi connectivity index (χ4n) is 5.66. The maximum Gasteiger partial charge on any atom is 0.255 e. The van der Waals surface area contributed by atoms with Gasteiger partial charge in [-0.1, -0.05) is 57.9 Å². The number of carbonyl (C=O) groups excluding carboxylic acids is 2. The number of nitrogens with zero attached hydrogens (tertiary/aromatic N) is 2. The Morgan fingerprint density at radius 3 is 2.12 bits per heavy atom. The summed E-state index contributed by atoms with van der Waals surface area (Å²) >= 11 is 0. The average Bonchev–Trinajstić information content (AvgIpc) is 3.04. The van der Waals surface area contributed by atoms with Gasteiger partial charge in [-0.15, -0.1) is 0 Å². The molecule has 0 spiro atoms. The van der Waals surface area contributed by atoms with E-state index >= 15 is 0 Å². The number of nitrogens with one attached hydrogen (secondary N) is 1. The number of likely N-dealkylation sites (tertiary alicyclic amines) is 1. The summed E-state index contributed by atoms with van der Waals surface area (Å²) in [6.45, 7) is 10.5. The highest BCUT2D eigenvalue weighted by Gasteiger charge is 2.29. The molecule has 4 rings (SSSR count). The van der Waals surface area contributed by atoms with Gasteiger partial charge in [0.05, 0.1) is 7.11 Å². The number of carbonyl (C=O) groups is 2. The molecule has 6 heteroatoms. The quantitative estimate of drug-likeness (QED) is 0.197. The highest BCUT2D eigenvalue weighted by Crippen LogP contribution is 2.24. The number of rotatable bonds is 14. The van der Waals surface area contributed by atoms with Crippen molar-refractivity contribution in [3.8, 4) is 5.75 Å². The third-order valence-electron chi connectivity index (χ3n) is 8.47. The van der Waals surface area contributed by atoms with E-state index in [4.69, 9.17) is 4.74 Å². The van der Waals surface area contributed by atoms with Gasteiger partial charge in [0.25, 0.3) is 11.8 Å². The summed E-state index contributed by atoms with van der Waals surface area (Å²) in [4.78, 5) is 31.3. The monoisotopic (exact) mass is 583 g/mol. The van der Waals surface area contributed by atoms with Crippen LogP contribution < -0.4 is 10.1 Å². The number of hydrogen-bond acceptors (Lipinski definition) is 4. The van der Waals surface area contributed by atoms with Gasteiger partial charge in [0, 0.05) is 42.5 Å². The van der Waals surface area contributed by atoms with Crippen molar-refractivity contribution in [1.29, 1.82) is 0 Å². The normalized spacial score (nSPS) is 14.1. The van der Waals surface area contributed by atoms with Gasteiger partial charge in [0.1, 0.15) is 5.75 Å². The van der Waals surface area contributed by atoms with Crippen LogP contribution in [0.25, 0.3) is 0 Å². The summed E-state index contributed by atoms with van der Waals surface area (Å²) in [6.07, 6.45) is 7.85. The summed E-state index contributed by atoms with van der Waals surface area (Å²) in [5.41, 5.74) is 4.39. The molecule has 0 unspecified atom stereocenters. The van der Waals surface area contributed by atoms with Crippen molar-refractivity contribution in [1.82, 2.24) is 9.80 Å². The highest BCUT2D eigenvalue weighted by atomic mass is 16.5. The highest BCUT2D eigenvalue weighted by molar-refractivity contribution is 6.04. The first kappa shape index (κ1) is 32.3. The molecule has 1 aliphatic heterocycles. The molecule has 6 nitrogen and oxygen atoms in total. The molecule has 1 N–H and O–H groups in total. The van der Waals surface area contributed by atoms with Crippen molar-refractivity contribution in [2.45, 2.75) is 78.3 Å². The van der Waals surface area contributed by atoms with Gasteiger partial charge in [-0.2, -0.15) is 0 Å². The van der Waals surface area contributed by atoms with Crippen LogP contribution in [0.1, 0.15) is 91.1 Å². The van der Waals surface area contributed by atoms with Crippen LogP contribution in [0.3, 0.4) is 0 Å². The SMILES string of the molecule is CCCCCc1ccc(C(=O)N(Cc2ccc(NC(=O)c3ccc(OC)cc3)cc2)C2CCN(CCC(C)C)CC2)cc1. The van der Waals surface area contributed by atoms with Gasteiger partial charge < -0.3 is 19.9 Å². The number of methoxy groups -OCH3 is 1. The Morgan fingerprint density at radius 2 is 1.51 bits per heavy atom. The number of benzene rings is 3. The van der Waals surface area contributed by atoms with Crippen molar-refractivity contribution in [3.63, 3.8) is 0 Å². The lowest BCUT2D eigenvalue weighted by Gasteiger charge is -2.39. The Labute approximate surface area is 258 Å². The molecule has 1 aliphatic rings. The largest absolute Gasteiger partial charge is 0.497 e. The van der Waals surface area contributed by atoms with Crippen LogP contribution in [-0.4, -0.2) is 54.4 Å². The molecule has 3 aromatic rings. The molecule has 3 aromatic carbocycles. The molecule has 0 aliphatic carbocycles. The smallest absolute Gasteiger partial charge is 0.255 e. The molecule has 0 bridgehead atoms. The fraction of sp³-hybridized carbons (Fsp3) is 0.459. The summed E-state index contributed by atoms with van der Waals surface area (Å²) in [7, 11) is 1.60. The maximum absolute atomic E-state index is 14.0. The number of piperidine rings is 1. The molecule has 1 saturated heterocycles. The number of unbranched alkanes of at least 4 members (excludes halogenated alkanes) is 2. The summed E-state index contributed by atoms with van der Waals surface area (Å²) in [5.74, 6) is 1.33. The molecule has 0 saturated carbocycles. The molecular formula is C37H49N3O3. The third-order valence-corrected chi connectivity index (χ3v) is 8.47. The van der Waals surface area contributed by atoms with Crippen molar-refractivity contribution in [2.75, 3.05) is 32.1 Å². The zero-order valence-electron chi connectivity index (χ0n) is 26.5. The molecule has 1 heterocycles. The zero-order valence-corrected chi connectivity index (χ0v) is 26.5. The molecule has 43 heavy (non-hydrogen) atoms. The van der Waals surface area contributed by atoms with Gasteiger partial charge in [0.2, 0.25) is 0 Å². The predicted molar refractivity (Wildman–Crippen MR) is 176 cm³/mol. The standard InChI is InChI=1S/C37H49N3O3/c1-5-6-7-8-29-9-13-32(14-10-29)37(42)40(34-22-25-39(26-23-34)24-21-28(2)3)27-30-11-17-33(18-12-30)38-36(41)31-15-19-35(43-4)20-16-31/h9-20,28,34H,5-8,21-27H2,1-4H3,(H,38,41). The molecule has 0 radical (unpaired) electrons. The Kier molecular flexibility index (Phi) is 12.2. The Hall–Kier alpha value is -3.64. The molecular weight excluding hydrogens is 534 g/mol. The van der Waals surface area contributed by atoms with E-state index in [-0.39, 0.29) is 17.9 Å². The third kappa shape index (κ3) is 9.69. The topological polar surface area (TPSA) is 61.9 Å². The Balaban J connectivity index is 1.44. The molecule has 0 atom stereocenters. The second kappa shape index (κ2) is 16.3. The zero-order chi connectivity index (χ0) is 30.6. The number of ether oxygens (including phenoxy) is 1. The number of aryl methyl sites for hydroxylation is 1. The minimum atomic E-state index is -0.172. The Morgan fingerprint density at radius 1 is 0.884 bits per heavy atom. The van der Waals surface area contributed by atoms with Gasteiger partial charge >= 0.3 is 0 Å². The van der Waals surface area contributed by atoms with Crippen LogP contribution in [0.15, 0.2) is 72.8 Å². The molecule has 2 amide bonds. The molecule has 230 valence electrons. The van der Waals surface area contributed by atoms with Crippen molar-refractivity contribution >= 4 is 17.5 Å². The lowest BCUT2D eigenvalue weighted by molar-refractivity contribution is 0.0546. The van der Waals surface area contributed by atoms with Crippen molar-refractivity contribution in [2.24, 2.45) is 5.92 Å². The second-order valence-electron chi connectivity index (χ2n) is 12.2. The maximum atomic E-state index is 14.0. The lowest BCUT2D eigenvalue weighted by Crippen LogP contribution is -2.47. The van der Waals surface area contributed by atoms with Gasteiger partial charge in [-0.25, -0.2) is 0 Å². The summed E-state index contributed by atoms with van der Waals surface area (Å²) in [6, 6.07) is 23.4. The average molecular weight is 584 g/mol. The van der Waals surface area contributed by atoms with Crippen LogP contribution in [0.5, 0.6) is 5.75 Å². The summed E-state index contributed by atoms with van der Waals surface area (Å²) in [5, 5.41) is 2.97. The molecule has 1 fully saturated rings. The number of hydrogen-bond donors (Lipinski definition) is 1. The van der Waals surface area contributed by atoms with E-state index in [1.54, 1.807) is 31.4 Å². The van der Waals surface area contributed by atoms with E-state index in [2.05, 4.69) is 48.0 Å². The van der Waals surface area contributed by atoms with Gasteiger partial charge in [-0.3, -0.25) is 9.59 Å². The first-order valence-electron chi connectivity index (χ1n) is 16.0. The van der Waals surface area contributed by atoms with Gasteiger partial charge in [0.15, 0.2) is 0 Å². The van der Waals surface area contributed by atoms with E-state index in [0.29, 0.717) is 23.8 Å². The van der Waals surface area contributed by atoms with E-state index in [9.17, 15) is 9.59 Å². The van der Waals surface area contributed by atoms with E-state index in [0.717, 1.165) is 55.7 Å².